The van der Waals surface area contributed by atoms with Crippen molar-refractivity contribution in [3.8, 4) is 5.75 Å². The van der Waals surface area contributed by atoms with Gasteiger partial charge in [0.2, 0.25) is 0 Å². The molecule has 0 unspecified atom stereocenters. The number of carbonyl (C=O) groups is 2. The van der Waals surface area contributed by atoms with E-state index in [0.29, 0.717) is 34.6 Å². The van der Waals surface area contributed by atoms with E-state index in [0.717, 1.165) is 25.7 Å². The Labute approximate surface area is 194 Å². The number of anilines is 1. The molecule has 172 valence electrons. The lowest BCUT2D eigenvalue weighted by atomic mass is 9.92. The molecule has 0 spiro atoms. The molecule has 1 aromatic rings. The highest BCUT2D eigenvalue weighted by atomic mass is 79.9. The van der Waals surface area contributed by atoms with Crippen LogP contribution in [-0.4, -0.2) is 55.2 Å². The van der Waals surface area contributed by atoms with E-state index in [-0.39, 0.29) is 23.9 Å². The number of benzene rings is 1. The number of rotatable bonds is 8. The fourth-order valence-corrected chi connectivity index (χ4v) is 5.15. The van der Waals surface area contributed by atoms with Gasteiger partial charge in [0.05, 0.1) is 11.3 Å². The van der Waals surface area contributed by atoms with Gasteiger partial charge >= 0.3 is 0 Å². The highest BCUT2D eigenvalue weighted by Gasteiger charge is 2.35. The van der Waals surface area contributed by atoms with Crippen LogP contribution in [-0.2, 0) is 9.53 Å². The number of ether oxygens (including phenoxy) is 2. The van der Waals surface area contributed by atoms with Gasteiger partial charge in [-0.2, -0.15) is 0 Å². The summed E-state index contributed by atoms with van der Waals surface area (Å²) in [6.45, 7) is 7.17. The minimum atomic E-state index is -0.544. The average Bonchev–Trinajstić information content (AvgIpc) is 2.74. The van der Waals surface area contributed by atoms with E-state index in [4.69, 9.17) is 9.47 Å². The van der Waals surface area contributed by atoms with Gasteiger partial charge < -0.3 is 19.3 Å². The second-order valence-corrected chi connectivity index (χ2v) is 9.70. The molecule has 1 saturated carbocycles. The summed E-state index contributed by atoms with van der Waals surface area (Å²) in [5.41, 5.74) is 1.27. The Balaban J connectivity index is 1.92. The number of nitrogens with zero attached hydrogens (tertiary/aromatic N) is 2. The Bertz CT molecular complexity index is 792. The largest absolute Gasteiger partial charge is 0.479 e. The third-order valence-electron chi connectivity index (χ3n) is 6.23. The number of methoxy groups -OCH3 is 1. The molecule has 1 heterocycles. The molecular formula is C24H35BrN2O4. The monoisotopic (exact) mass is 494 g/mol. The highest BCUT2D eigenvalue weighted by molar-refractivity contribution is 9.10. The average molecular weight is 495 g/mol. The van der Waals surface area contributed by atoms with E-state index in [9.17, 15) is 9.59 Å². The second-order valence-electron chi connectivity index (χ2n) is 8.85. The summed E-state index contributed by atoms with van der Waals surface area (Å²) >= 11 is 3.60. The first-order valence-electron chi connectivity index (χ1n) is 11.5. The van der Waals surface area contributed by atoms with E-state index in [1.807, 2.05) is 17.0 Å². The molecule has 0 saturated heterocycles. The Morgan fingerprint density at radius 3 is 2.61 bits per heavy atom. The molecule has 1 aliphatic heterocycles. The third-order valence-corrected chi connectivity index (χ3v) is 6.88. The van der Waals surface area contributed by atoms with Crippen LogP contribution in [0.15, 0.2) is 16.6 Å². The molecule has 0 bridgehead atoms. The van der Waals surface area contributed by atoms with Gasteiger partial charge in [-0.05, 0) is 74.5 Å². The molecule has 1 aliphatic carbocycles. The second kappa shape index (κ2) is 10.8. The zero-order valence-corrected chi connectivity index (χ0v) is 20.7. The fourth-order valence-electron chi connectivity index (χ4n) is 4.66. The predicted octanol–water partition coefficient (Wildman–Crippen LogP) is 5.17. The minimum absolute atomic E-state index is 0.0157. The molecule has 0 N–H and O–H groups in total. The van der Waals surface area contributed by atoms with E-state index in [1.54, 1.807) is 18.9 Å². The summed E-state index contributed by atoms with van der Waals surface area (Å²) in [6, 6.07) is 4.06. The van der Waals surface area contributed by atoms with Crippen molar-refractivity contribution >= 4 is 33.4 Å². The fraction of sp³-hybridized carbons (Fsp3) is 0.667. The summed E-state index contributed by atoms with van der Waals surface area (Å²) < 4.78 is 11.7. The molecule has 0 radical (unpaired) electrons. The van der Waals surface area contributed by atoms with Gasteiger partial charge in [0.1, 0.15) is 5.75 Å². The molecule has 31 heavy (non-hydrogen) atoms. The van der Waals surface area contributed by atoms with Crippen LogP contribution in [0.2, 0.25) is 0 Å². The van der Waals surface area contributed by atoms with Crippen LogP contribution in [0.3, 0.4) is 0 Å². The number of amides is 2. The van der Waals surface area contributed by atoms with Crippen molar-refractivity contribution < 1.29 is 19.1 Å². The molecular weight excluding hydrogens is 460 g/mol. The summed E-state index contributed by atoms with van der Waals surface area (Å²) in [4.78, 5) is 30.3. The van der Waals surface area contributed by atoms with Gasteiger partial charge in [0.25, 0.3) is 11.8 Å². The van der Waals surface area contributed by atoms with Gasteiger partial charge in [-0.25, -0.2) is 0 Å². The predicted molar refractivity (Wildman–Crippen MR) is 126 cm³/mol. The van der Waals surface area contributed by atoms with Crippen molar-refractivity contribution in [3.05, 3.63) is 22.2 Å². The molecule has 3 rings (SSSR count). The van der Waals surface area contributed by atoms with Crippen LogP contribution in [0, 0.1) is 0 Å². The molecule has 0 aromatic heterocycles. The van der Waals surface area contributed by atoms with Crippen molar-refractivity contribution in [2.75, 3.05) is 25.2 Å². The van der Waals surface area contributed by atoms with Crippen LogP contribution in [0.1, 0.15) is 76.1 Å². The summed E-state index contributed by atoms with van der Waals surface area (Å²) in [7, 11) is 1.68. The molecule has 2 amide bonds. The zero-order valence-electron chi connectivity index (χ0n) is 19.2. The Morgan fingerprint density at radius 2 is 1.97 bits per heavy atom. The summed E-state index contributed by atoms with van der Waals surface area (Å²) in [5, 5.41) is 0. The zero-order chi connectivity index (χ0) is 22.5. The van der Waals surface area contributed by atoms with E-state index in [1.165, 1.54) is 19.3 Å². The quantitative estimate of drug-likeness (QED) is 0.467. The normalized spacial score (nSPS) is 19.4. The molecule has 1 aromatic carbocycles. The van der Waals surface area contributed by atoms with E-state index < -0.39 is 6.10 Å². The Morgan fingerprint density at radius 1 is 1.26 bits per heavy atom. The van der Waals surface area contributed by atoms with Gasteiger partial charge in [-0.3, -0.25) is 9.59 Å². The van der Waals surface area contributed by atoms with Gasteiger partial charge in [-0.15, -0.1) is 0 Å². The van der Waals surface area contributed by atoms with Crippen molar-refractivity contribution in [1.29, 1.82) is 0 Å². The number of carbonyl (C=O) groups excluding carboxylic acids is 2. The number of hydrogen-bond donors (Lipinski definition) is 0. The SMILES string of the molecule is COCCCCN1C(=O)[C@@H](C)Oc2cc(Br)c(C(=O)N(C(C)C)C3CCCCC3)cc21. The van der Waals surface area contributed by atoms with Crippen molar-refractivity contribution in [1.82, 2.24) is 4.90 Å². The lowest BCUT2D eigenvalue weighted by Crippen LogP contribution is -2.47. The highest BCUT2D eigenvalue weighted by Crippen LogP contribution is 2.39. The molecule has 7 heteroatoms. The standard InChI is InChI=1S/C24H35BrN2O4/c1-16(2)27(18-10-6-5-7-11-18)24(29)19-14-21-22(15-20(19)25)31-17(3)23(28)26(21)12-8-9-13-30-4/h14-18H,5-13H2,1-4H3/t17-/m1/s1. The maximum Gasteiger partial charge on any atom is 0.267 e. The maximum absolute atomic E-state index is 13.7. The lowest BCUT2D eigenvalue weighted by molar-refractivity contribution is -0.125. The maximum atomic E-state index is 13.7. The summed E-state index contributed by atoms with van der Waals surface area (Å²) in [6.07, 6.45) is 6.84. The van der Waals surface area contributed by atoms with E-state index in [2.05, 4.69) is 29.8 Å². The van der Waals surface area contributed by atoms with Crippen molar-refractivity contribution in [2.45, 2.75) is 83.9 Å². The first kappa shape index (κ1) is 24.1. The van der Waals surface area contributed by atoms with E-state index >= 15 is 0 Å². The number of fused-ring (bicyclic) bond motifs is 1. The van der Waals surface area contributed by atoms with Crippen molar-refractivity contribution in [2.24, 2.45) is 0 Å². The minimum Gasteiger partial charge on any atom is -0.479 e. The lowest BCUT2D eigenvalue weighted by Gasteiger charge is -2.38. The molecule has 1 fully saturated rings. The van der Waals surface area contributed by atoms with Crippen LogP contribution in [0.25, 0.3) is 0 Å². The number of hydrogen-bond acceptors (Lipinski definition) is 4. The number of halogens is 1. The third kappa shape index (κ3) is 5.43. The van der Waals surface area contributed by atoms with Crippen LogP contribution >= 0.6 is 15.9 Å². The molecule has 2 aliphatic rings. The molecule has 1 atom stereocenters. The topological polar surface area (TPSA) is 59.1 Å². The smallest absolute Gasteiger partial charge is 0.267 e. The van der Waals surface area contributed by atoms with Crippen LogP contribution < -0.4 is 9.64 Å². The number of unbranched alkanes of at least 4 members (excludes halogenated alkanes) is 1. The van der Waals surface area contributed by atoms with Gasteiger partial charge in [-0.1, -0.05) is 19.3 Å². The van der Waals surface area contributed by atoms with Crippen LogP contribution in [0.5, 0.6) is 5.75 Å². The Kier molecular flexibility index (Phi) is 8.39. The molecule has 6 nitrogen and oxygen atoms in total. The van der Waals surface area contributed by atoms with Crippen molar-refractivity contribution in [3.63, 3.8) is 0 Å². The summed E-state index contributed by atoms with van der Waals surface area (Å²) in [5.74, 6) is 0.580. The van der Waals surface area contributed by atoms with Gasteiger partial charge in [0, 0.05) is 36.8 Å². The first-order valence-corrected chi connectivity index (χ1v) is 12.3. The first-order chi connectivity index (χ1) is 14.8. The van der Waals surface area contributed by atoms with Crippen LogP contribution in [0.4, 0.5) is 5.69 Å². The Hall–Kier alpha value is -1.60. The van der Waals surface area contributed by atoms with Gasteiger partial charge in [0.15, 0.2) is 6.10 Å².